The summed E-state index contributed by atoms with van der Waals surface area (Å²) >= 11 is 0. The van der Waals surface area contributed by atoms with Crippen molar-refractivity contribution >= 4 is 5.91 Å². The van der Waals surface area contributed by atoms with Crippen molar-refractivity contribution in [3.05, 3.63) is 29.2 Å². The number of nitrogens with zero attached hydrogens (tertiary/aromatic N) is 3. The summed E-state index contributed by atoms with van der Waals surface area (Å²) in [5.41, 5.74) is 0.164. The van der Waals surface area contributed by atoms with E-state index < -0.39 is 11.8 Å². The molecule has 3 rings (SSSR count). The first-order valence-electron chi connectivity index (χ1n) is 7.35. The first-order chi connectivity index (χ1) is 10.9. The van der Waals surface area contributed by atoms with Gasteiger partial charge in [0.25, 0.3) is 5.91 Å². The number of aryl methyl sites for hydroxylation is 1. The molecule has 23 heavy (non-hydrogen) atoms. The summed E-state index contributed by atoms with van der Waals surface area (Å²) < 4.78 is 36.2. The fraction of sp³-hybridized carbons (Fsp3) is 0.571. The molecule has 2 aromatic heterocycles. The van der Waals surface area contributed by atoms with Crippen LogP contribution in [0.4, 0.5) is 8.78 Å². The van der Waals surface area contributed by atoms with Crippen LogP contribution >= 0.6 is 0 Å². The Bertz CT molecular complexity index is 688. The van der Waals surface area contributed by atoms with Crippen LogP contribution in [0.15, 0.2) is 15.1 Å². The normalized spacial score (nSPS) is 18.0. The van der Waals surface area contributed by atoms with Crippen molar-refractivity contribution in [3.8, 4) is 0 Å². The van der Waals surface area contributed by atoms with E-state index in [1.54, 1.807) is 6.92 Å². The first kappa shape index (κ1) is 15.6. The molecule has 7 nitrogen and oxygen atoms in total. The minimum absolute atomic E-state index is 0.0423. The summed E-state index contributed by atoms with van der Waals surface area (Å²) in [6.07, 6.45) is 0.334. The lowest BCUT2D eigenvalue weighted by Gasteiger charge is -2.26. The van der Waals surface area contributed by atoms with Crippen molar-refractivity contribution in [2.75, 3.05) is 0 Å². The topological polar surface area (TPSA) is 94.1 Å². The van der Waals surface area contributed by atoms with Crippen molar-refractivity contribution in [2.45, 2.75) is 51.0 Å². The molecule has 0 radical (unpaired) electrons. The maximum absolute atomic E-state index is 13.1. The van der Waals surface area contributed by atoms with Crippen LogP contribution in [0.3, 0.4) is 0 Å². The molecule has 0 spiro atoms. The van der Waals surface area contributed by atoms with E-state index >= 15 is 0 Å². The second-order valence-electron chi connectivity index (χ2n) is 5.68. The van der Waals surface area contributed by atoms with Crippen molar-refractivity contribution in [2.24, 2.45) is 0 Å². The van der Waals surface area contributed by atoms with E-state index in [4.69, 9.17) is 9.05 Å². The molecule has 0 unspecified atom stereocenters. The van der Waals surface area contributed by atoms with Gasteiger partial charge in [0, 0.05) is 24.8 Å². The average Bonchev–Trinajstić information content (AvgIpc) is 3.14. The maximum atomic E-state index is 13.1. The zero-order chi connectivity index (χ0) is 16.4. The van der Waals surface area contributed by atoms with Gasteiger partial charge in [-0.1, -0.05) is 10.3 Å². The Morgan fingerprint density at radius 2 is 2.09 bits per heavy atom. The molecule has 0 saturated heterocycles. The number of hydrogen-bond donors (Lipinski definition) is 1. The molecular formula is C14H16F2N4O3. The fourth-order valence-corrected chi connectivity index (χ4v) is 2.52. The van der Waals surface area contributed by atoms with Crippen LogP contribution in [0.2, 0.25) is 0 Å². The van der Waals surface area contributed by atoms with Gasteiger partial charge in [0.15, 0.2) is 11.5 Å². The molecule has 9 heteroatoms. The van der Waals surface area contributed by atoms with Crippen LogP contribution in [0.5, 0.6) is 0 Å². The van der Waals surface area contributed by atoms with Gasteiger partial charge in [0.2, 0.25) is 11.8 Å². The molecule has 1 amide bonds. The molecule has 1 N–H and O–H groups in total. The van der Waals surface area contributed by atoms with Gasteiger partial charge < -0.3 is 14.4 Å². The average molecular weight is 326 g/mol. The van der Waals surface area contributed by atoms with Gasteiger partial charge in [-0.15, -0.1) is 0 Å². The Hall–Kier alpha value is -2.32. The predicted molar refractivity (Wildman–Crippen MR) is 72.9 cm³/mol. The number of amides is 1. The van der Waals surface area contributed by atoms with E-state index in [0.29, 0.717) is 24.4 Å². The summed E-state index contributed by atoms with van der Waals surface area (Å²) in [6, 6.07) is 1.51. The standard InChI is InChI=1S/C14H16F2N4O3/c1-8-6-10(19-22-8)13(21)17-7-11-18-12(20-23-11)9-2-4-14(15,16)5-3-9/h6,9H,2-5,7H2,1H3,(H,17,21). The fourth-order valence-electron chi connectivity index (χ4n) is 2.52. The van der Waals surface area contributed by atoms with Gasteiger partial charge in [0.05, 0.1) is 6.54 Å². The van der Waals surface area contributed by atoms with Crippen molar-refractivity contribution in [1.82, 2.24) is 20.6 Å². The van der Waals surface area contributed by atoms with Gasteiger partial charge >= 0.3 is 0 Å². The molecule has 0 bridgehead atoms. The number of rotatable bonds is 4. The lowest BCUT2D eigenvalue weighted by molar-refractivity contribution is -0.0389. The van der Waals surface area contributed by atoms with Gasteiger partial charge in [-0.05, 0) is 19.8 Å². The summed E-state index contributed by atoms with van der Waals surface area (Å²) in [6.45, 7) is 1.72. The van der Waals surface area contributed by atoms with E-state index in [0.717, 1.165) is 0 Å². The highest BCUT2D eigenvalue weighted by molar-refractivity contribution is 5.92. The number of nitrogens with one attached hydrogen (secondary N) is 1. The van der Waals surface area contributed by atoms with E-state index in [1.807, 2.05) is 0 Å². The number of carbonyl (C=O) groups excluding carboxylic acids is 1. The summed E-state index contributed by atoms with van der Waals surface area (Å²) in [7, 11) is 0. The van der Waals surface area contributed by atoms with Crippen LogP contribution in [-0.2, 0) is 6.54 Å². The predicted octanol–water partition coefficient (Wildman–Crippen LogP) is 2.59. The molecule has 124 valence electrons. The van der Waals surface area contributed by atoms with Crippen LogP contribution < -0.4 is 5.32 Å². The number of hydrogen-bond acceptors (Lipinski definition) is 6. The first-order valence-corrected chi connectivity index (χ1v) is 7.35. The number of aromatic nitrogens is 3. The highest BCUT2D eigenvalue weighted by Gasteiger charge is 2.36. The number of carbonyl (C=O) groups is 1. The van der Waals surface area contributed by atoms with Crippen molar-refractivity contribution in [1.29, 1.82) is 0 Å². The SMILES string of the molecule is Cc1cc(C(=O)NCc2nc(C3CCC(F)(F)CC3)no2)no1. The van der Waals surface area contributed by atoms with Gasteiger partial charge in [-0.2, -0.15) is 4.98 Å². The van der Waals surface area contributed by atoms with Crippen LogP contribution in [-0.4, -0.2) is 27.1 Å². The molecule has 0 aliphatic heterocycles. The van der Waals surface area contributed by atoms with E-state index in [9.17, 15) is 13.6 Å². The highest BCUT2D eigenvalue weighted by atomic mass is 19.3. The molecule has 1 aliphatic carbocycles. The minimum atomic E-state index is -2.59. The Morgan fingerprint density at radius 3 is 2.74 bits per heavy atom. The van der Waals surface area contributed by atoms with Crippen LogP contribution in [0, 0.1) is 6.92 Å². The summed E-state index contributed by atoms with van der Waals surface area (Å²) in [4.78, 5) is 16.0. The monoisotopic (exact) mass is 326 g/mol. The van der Waals surface area contributed by atoms with Gasteiger partial charge in [0.1, 0.15) is 5.76 Å². The largest absolute Gasteiger partial charge is 0.361 e. The molecule has 0 atom stereocenters. The molecule has 1 fully saturated rings. The van der Waals surface area contributed by atoms with E-state index in [2.05, 4.69) is 20.6 Å². The Labute approximate surface area is 130 Å². The van der Waals surface area contributed by atoms with Crippen molar-refractivity contribution < 1.29 is 22.6 Å². The van der Waals surface area contributed by atoms with Gasteiger partial charge in [-0.3, -0.25) is 4.79 Å². The Kier molecular flexibility index (Phi) is 4.10. The van der Waals surface area contributed by atoms with E-state index in [-0.39, 0.29) is 36.9 Å². The molecule has 0 aromatic carbocycles. The summed E-state index contributed by atoms with van der Waals surface area (Å²) in [5.74, 6) is -1.95. The second kappa shape index (κ2) is 6.05. The zero-order valence-electron chi connectivity index (χ0n) is 12.5. The lowest BCUT2D eigenvalue weighted by Crippen LogP contribution is -2.24. The van der Waals surface area contributed by atoms with Crippen LogP contribution in [0.1, 0.15) is 59.6 Å². The Balaban J connectivity index is 1.54. The Morgan fingerprint density at radius 1 is 1.35 bits per heavy atom. The molecule has 2 heterocycles. The maximum Gasteiger partial charge on any atom is 0.273 e. The molecular weight excluding hydrogens is 310 g/mol. The number of alkyl halides is 2. The number of halogens is 2. The quantitative estimate of drug-likeness (QED) is 0.928. The van der Waals surface area contributed by atoms with Crippen molar-refractivity contribution in [3.63, 3.8) is 0 Å². The lowest BCUT2D eigenvalue weighted by atomic mass is 9.86. The van der Waals surface area contributed by atoms with Crippen LogP contribution in [0.25, 0.3) is 0 Å². The smallest absolute Gasteiger partial charge is 0.273 e. The minimum Gasteiger partial charge on any atom is -0.361 e. The summed E-state index contributed by atoms with van der Waals surface area (Å²) in [5, 5.41) is 10.0. The zero-order valence-corrected chi connectivity index (χ0v) is 12.5. The molecule has 1 aliphatic rings. The third-order valence-electron chi connectivity index (χ3n) is 3.83. The highest BCUT2D eigenvalue weighted by Crippen LogP contribution is 2.39. The second-order valence-corrected chi connectivity index (χ2v) is 5.68. The third kappa shape index (κ3) is 3.72. The van der Waals surface area contributed by atoms with Gasteiger partial charge in [-0.25, -0.2) is 8.78 Å². The third-order valence-corrected chi connectivity index (χ3v) is 3.83. The van der Waals surface area contributed by atoms with E-state index in [1.165, 1.54) is 6.07 Å². The molecule has 2 aromatic rings. The molecule has 1 saturated carbocycles.